The van der Waals surface area contributed by atoms with E-state index in [1.54, 1.807) is 48.5 Å². The SMILES string of the molecule is CCC(C(=O)O)C(F)(F)C(=O)C(Cc1ccccc1)N(C=O)C(=O)OCc1ccccc1. The number of carboxylic acid groups (broad SMARTS) is 1. The van der Waals surface area contributed by atoms with Gasteiger partial charge in [0.1, 0.15) is 18.6 Å². The maximum atomic E-state index is 14.9. The van der Waals surface area contributed by atoms with Gasteiger partial charge in [0, 0.05) is 6.42 Å². The molecule has 2 rings (SSSR count). The molecule has 0 fully saturated rings. The molecule has 0 spiro atoms. The first-order valence-electron chi connectivity index (χ1n) is 9.85. The standard InChI is InChI=1S/C23H23F2NO6/c1-2-18(21(29)30)23(24,25)20(28)19(13-16-9-5-3-6-10-16)26(15-27)22(31)32-14-17-11-7-4-8-12-17/h3-12,15,18-19H,2,13-14H2,1H3,(H,29,30). The van der Waals surface area contributed by atoms with Crippen molar-refractivity contribution >= 4 is 24.3 Å². The van der Waals surface area contributed by atoms with Gasteiger partial charge in [-0.2, -0.15) is 8.78 Å². The Morgan fingerprint density at radius 1 is 1.03 bits per heavy atom. The Labute approximate surface area is 183 Å². The predicted molar refractivity (Wildman–Crippen MR) is 110 cm³/mol. The number of rotatable bonds is 11. The third-order valence-electron chi connectivity index (χ3n) is 4.91. The van der Waals surface area contributed by atoms with E-state index in [0.29, 0.717) is 11.1 Å². The number of ether oxygens (including phenoxy) is 1. The highest BCUT2D eigenvalue weighted by molar-refractivity contribution is 5.98. The van der Waals surface area contributed by atoms with Crippen LogP contribution >= 0.6 is 0 Å². The molecule has 2 aromatic carbocycles. The molecule has 0 bridgehead atoms. The van der Waals surface area contributed by atoms with Crippen LogP contribution in [0.2, 0.25) is 0 Å². The van der Waals surface area contributed by atoms with Crippen LogP contribution in [0.1, 0.15) is 24.5 Å². The van der Waals surface area contributed by atoms with Gasteiger partial charge in [-0.1, -0.05) is 67.6 Å². The fraction of sp³-hybridized carbons (Fsp3) is 0.304. The summed E-state index contributed by atoms with van der Waals surface area (Å²) in [6.07, 6.45) is -2.30. The van der Waals surface area contributed by atoms with Gasteiger partial charge < -0.3 is 9.84 Å². The average Bonchev–Trinajstić information content (AvgIpc) is 2.78. The number of Topliss-reactive ketones (excluding diaryl/α,β-unsaturated/α-hetero) is 1. The molecule has 9 heteroatoms. The van der Waals surface area contributed by atoms with Crippen LogP contribution in [0.15, 0.2) is 60.7 Å². The number of hydrogen-bond acceptors (Lipinski definition) is 5. The Hall–Kier alpha value is -3.62. The largest absolute Gasteiger partial charge is 0.481 e. The van der Waals surface area contributed by atoms with Crippen LogP contribution in [-0.4, -0.2) is 46.2 Å². The lowest BCUT2D eigenvalue weighted by molar-refractivity contribution is -0.171. The highest BCUT2D eigenvalue weighted by Crippen LogP contribution is 2.32. The Kier molecular flexibility index (Phi) is 8.57. The number of halogens is 2. The molecular weight excluding hydrogens is 424 g/mol. The average molecular weight is 447 g/mol. The number of benzene rings is 2. The topological polar surface area (TPSA) is 101 Å². The van der Waals surface area contributed by atoms with E-state index in [9.17, 15) is 28.0 Å². The molecule has 0 aliphatic rings. The van der Waals surface area contributed by atoms with Crippen LogP contribution in [0.4, 0.5) is 13.6 Å². The third kappa shape index (κ3) is 5.96. The van der Waals surface area contributed by atoms with Gasteiger partial charge in [-0.15, -0.1) is 0 Å². The number of alkyl halides is 2. The van der Waals surface area contributed by atoms with Crippen molar-refractivity contribution in [2.75, 3.05) is 0 Å². The second kappa shape index (κ2) is 11.1. The summed E-state index contributed by atoms with van der Waals surface area (Å²) in [6, 6.07) is 14.4. The lowest BCUT2D eigenvalue weighted by Crippen LogP contribution is -2.54. The van der Waals surface area contributed by atoms with Crippen LogP contribution in [0.3, 0.4) is 0 Å². The number of aliphatic carboxylic acids is 1. The second-order valence-electron chi connectivity index (χ2n) is 7.04. The Balaban J connectivity index is 2.35. The Morgan fingerprint density at radius 2 is 1.56 bits per heavy atom. The van der Waals surface area contributed by atoms with E-state index in [2.05, 4.69) is 0 Å². The Morgan fingerprint density at radius 3 is 2.03 bits per heavy atom. The first kappa shape index (κ1) is 24.6. The maximum absolute atomic E-state index is 14.9. The highest BCUT2D eigenvalue weighted by Gasteiger charge is 2.54. The summed E-state index contributed by atoms with van der Waals surface area (Å²) in [5.41, 5.74) is 0.979. The summed E-state index contributed by atoms with van der Waals surface area (Å²) >= 11 is 0. The molecule has 170 valence electrons. The number of amides is 2. The lowest BCUT2D eigenvalue weighted by Gasteiger charge is -2.30. The van der Waals surface area contributed by atoms with Crippen molar-refractivity contribution in [1.82, 2.24) is 4.90 Å². The summed E-state index contributed by atoms with van der Waals surface area (Å²) in [6.45, 7) is 0.956. The molecule has 32 heavy (non-hydrogen) atoms. The summed E-state index contributed by atoms with van der Waals surface area (Å²) in [4.78, 5) is 48.6. The van der Waals surface area contributed by atoms with Crippen molar-refractivity contribution in [3.8, 4) is 0 Å². The molecule has 7 nitrogen and oxygen atoms in total. The van der Waals surface area contributed by atoms with Gasteiger partial charge in [0.25, 0.3) is 0 Å². The zero-order chi connectivity index (χ0) is 23.7. The summed E-state index contributed by atoms with van der Waals surface area (Å²) < 4.78 is 34.8. The normalized spacial score (nSPS) is 13.0. The molecule has 0 saturated heterocycles. The molecule has 2 atom stereocenters. The van der Waals surface area contributed by atoms with E-state index in [1.165, 1.54) is 19.1 Å². The fourth-order valence-corrected chi connectivity index (χ4v) is 3.17. The molecule has 0 aliphatic heterocycles. The Bertz CT molecular complexity index is 936. The van der Waals surface area contributed by atoms with Crippen LogP contribution in [0.5, 0.6) is 0 Å². The molecule has 2 unspecified atom stereocenters. The molecule has 1 N–H and O–H groups in total. The summed E-state index contributed by atoms with van der Waals surface area (Å²) in [5, 5.41) is 9.14. The smallest absolute Gasteiger partial charge is 0.417 e. The molecule has 2 amide bonds. The van der Waals surface area contributed by atoms with Crippen molar-refractivity contribution < 1.29 is 37.8 Å². The maximum Gasteiger partial charge on any atom is 0.417 e. The number of carboxylic acids is 1. The molecule has 0 aromatic heterocycles. The summed E-state index contributed by atoms with van der Waals surface area (Å²) in [7, 11) is 0. The molecule has 0 radical (unpaired) electrons. The first-order chi connectivity index (χ1) is 15.2. The van der Waals surface area contributed by atoms with E-state index in [4.69, 9.17) is 9.84 Å². The molecule has 0 aliphatic carbocycles. The molecule has 2 aromatic rings. The number of carbonyl (C=O) groups is 4. The van der Waals surface area contributed by atoms with Gasteiger partial charge in [0.15, 0.2) is 0 Å². The first-order valence-corrected chi connectivity index (χ1v) is 9.85. The third-order valence-corrected chi connectivity index (χ3v) is 4.91. The van der Waals surface area contributed by atoms with Crippen LogP contribution in [0, 0.1) is 5.92 Å². The van der Waals surface area contributed by atoms with Gasteiger partial charge in [0.2, 0.25) is 12.2 Å². The monoisotopic (exact) mass is 447 g/mol. The number of ketones is 1. The minimum atomic E-state index is -4.32. The predicted octanol–water partition coefficient (Wildman–Crippen LogP) is 3.71. The van der Waals surface area contributed by atoms with Crippen molar-refractivity contribution in [3.63, 3.8) is 0 Å². The van der Waals surface area contributed by atoms with Crippen molar-refractivity contribution in [2.24, 2.45) is 5.92 Å². The van der Waals surface area contributed by atoms with Gasteiger partial charge in [0.05, 0.1) is 0 Å². The van der Waals surface area contributed by atoms with Crippen LogP contribution in [0.25, 0.3) is 0 Å². The number of imide groups is 1. The van der Waals surface area contributed by atoms with Gasteiger partial charge in [-0.25, -0.2) is 9.69 Å². The van der Waals surface area contributed by atoms with E-state index >= 15 is 0 Å². The van der Waals surface area contributed by atoms with E-state index in [-0.39, 0.29) is 17.9 Å². The van der Waals surface area contributed by atoms with E-state index < -0.39 is 48.6 Å². The zero-order valence-electron chi connectivity index (χ0n) is 17.3. The molecule has 0 heterocycles. The van der Waals surface area contributed by atoms with Gasteiger partial charge >= 0.3 is 18.0 Å². The highest BCUT2D eigenvalue weighted by atomic mass is 19.3. The van der Waals surface area contributed by atoms with Crippen molar-refractivity contribution in [2.45, 2.75) is 38.3 Å². The molecular formula is C23H23F2NO6. The zero-order valence-corrected chi connectivity index (χ0v) is 17.3. The lowest BCUT2D eigenvalue weighted by atomic mass is 9.89. The number of carbonyl (C=O) groups excluding carboxylic acids is 3. The minimum absolute atomic E-state index is 0.0589. The van der Waals surface area contributed by atoms with Crippen molar-refractivity contribution in [3.05, 3.63) is 71.8 Å². The van der Waals surface area contributed by atoms with Crippen molar-refractivity contribution in [1.29, 1.82) is 0 Å². The van der Waals surface area contributed by atoms with Gasteiger partial charge in [-0.3, -0.25) is 14.4 Å². The van der Waals surface area contributed by atoms with Gasteiger partial charge in [-0.05, 0) is 17.5 Å². The minimum Gasteiger partial charge on any atom is -0.481 e. The van der Waals surface area contributed by atoms with E-state index in [1.807, 2.05) is 0 Å². The second-order valence-corrected chi connectivity index (χ2v) is 7.04. The number of nitrogens with zero attached hydrogens (tertiary/aromatic N) is 1. The quantitative estimate of drug-likeness (QED) is 0.527. The van der Waals surface area contributed by atoms with Crippen LogP contribution in [-0.2, 0) is 32.1 Å². The number of hydrogen-bond donors (Lipinski definition) is 1. The summed E-state index contributed by atoms with van der Waals surface area (Å²) in [5.74, 6) is -10.3. The fourth-order valence-electron chi connectivity index (χ4n) is 3.17. The van der Waals surface area contributed by atoms with Crippen LogP contribution < -0.4 is 0 Å². The molecule has 0 saturated carbocycles. The van der Waals surface area contributed by atoms with E-state index in [0.717, 1.165) is 0 Å².